The van der Waals surface area contributed by atoms with Crippen molar-refractivity contribution in [2.75, 3.05) is 6.54 Å². The Balaban J connectivity index is 1.34. The molecule has 0 aliphatic rings. The van der Waals surface area contributed by atoms with Crippen molar-refractivity contribution in [2.45, 2.75) is 19.2 Å². The van der Waals surface area contributed by atoms with Crippen molar-refractivity contribution < 1.29 is 17.9 Å². The summed E-state index contributed by atoms with van der Waals surface area (Å²) in [5.74, 6) is -1.19. The third-order valence-corrected chi connectivity index (χ3v) is 5.55. The van der Waals surface area contributed by atoms with Gasteiger partial charge in [0.15, 0.2) is 5.65 Å². The van der Waals surface area contributed by atoms with Crippen LogP contribution in [0.25, 0.3) is 22.1 Å². The van der Waals surface area contributed by atoms with Gasteiger partial charge in [0.1, 0.15) is 6.61 Å². The predicted octanol–water partition coefficient (Wildman–Crippen LogP) is 5.07. The smallest absolute Gasteiger partial charge is 0.453 e. The molecule has 7 nitrogen and oxygen atoms in total. The Morgan fingerprint density at radius 3 is 2.44 bits per heavy atom. The van der Waals surface area contributed by atoms with Gasteiger partial charge >= 0.3 is 6.18 Å². The first-order valence-corrected chi connectivity index (χ1v) is 11.2. The molecule has 0 saturated heterocycles. The highest BCUT2D eigenvalue weighted by molar-refractivity contribution is 5.96. The number of hydrogen-bond donors (Lipinski definition) is 1. The number of alkyl halides is 3. The molecule has 2 aromatic carbocycles. The van der Waals surface area contributed by atoms with Crippen LogP contribution in [0.2, 0.25) is 0 Å². The average Bonchev–Trinajstić information content (AvgIpc) is 3.33. The number of nitrogens with zero attached hydrogens (tertiary/aromatic N) is 5. The normalized spacial score (nSPS) is 11.6. The van der Waals surface area contributed by atoms with E-state index < -0.39 is 12.0 Å². The summed E-state index contributed by atoms with van der Waals surface area (Å²) < 4.78 is 46.8. The van der Waals surface area contributed by atoms with Crippen molar-refractivity contribution in [3.63, 3.8) is 0 Å². The Labute approximate surface area is 204 Å². The van der Waals surface area contributed by atoms with E-state index in [1.165, 1.54) is 5.56 Å². The van der Waals surface area contributed by atoms with Crippen LogP contribution in [0.5, 0.6) is 5.88 Å². The molecule has 0 saturated carbocycles. The first kappa shape index (κ1) is 23.3. The van der Waals surface area contributed by atoms with E-state index in [0.29, 0.717) is 38.9 Å². The fourth-order valence-corrected chi connectivity index (χ4v) is 3.80. The van der Waals surface area contributed by atoms with Gasteiger partial charge in [-0.25, -0.2) is 4.98 Å². The van der Waals surface area contributed by atoms with Gasteiger partial charge in [0.05, 0.1) is 17.1 Å². The highest BCUT2D eigenvalue weighted by Crippen LogP contribution is 2.32. The summed E-state index contributed by atoms with van der Waals surface area (Å²) in [5, 5.41) is 15.3. The van der Waals surface area contributed by atoms with Gasteiger partial charge in [0.25, 0.3) is 5.82 Å². The number of benzene rings is 2. The molecule has 0 amide bonds. The molecule has 0 fully saturated rings. The van der Waals surface area contributed by atoms with E-state index in [4.69, 9.17) is 4.74 Å². The van der Waals surface area contributed by atoms with Crippen molar-refractivity contribution in [1.29, 1.82) is 0 Å². The predicted molar refractivity (Wildman–Crippen MR) is 129 cm³/mol. The van der Waals surface area contributed by atoms with Gasteiger partial charge in [0, 0.05) is 17.3 Å². The number of aromatic nitrogens is 5. The molecular formula is C26H21F3N6O. The van der Waals surface area contributed by atoms with Crippen LogP contribution in [0.3, 0.4) is 0 Å². The number of halogens is 3. The van der Waals surface area contributed by atoms with Gasteiger partial charge < -0.3 is 10.1 Å². The zero-order valence-corrected chi connectivity index (χ0v) is 19.0. The Bertz CT molecular complexity index is 1530. The summed E-state index contributed by atoms with van der Waals surface area (Å²) in [6.45, 7) is 4.76. The lowest BCUT2D eigenvalue weighted by Gasteiger charge is -2.12. The molecule has 1 N–H and O–H groups in total. The molecule has 0 bridgehead atoms. The fourth-order valence-electron chi connectivity index (χ4n) is 3.80. The van der Waals surface area contributed by atoms with E-state index in [1.54, 1.807) is 30.3 Å². The number of ether oxygens (including phenoxy) is 1. The van der Waals surface area contributed by atoms with Crippen LogP contribution in [0.15, 0.2) is 79.4 Å². The van der Waals surface area contributed by atoms with Crippen LogP contribution in [0.1, 0.15) is 22.8 Å². The maximum Gasteiger partial charge on any atom is 0.453 e. The number of pyridine rings is 1. The minimum Gasteiger partial charge on any atom is -0.470 e. The number of rotatable bonds is 8. The molecule has 5 rings (SSSR count). The molecule has 5 aromatic rings. The molecule has 36 heavy (non-hydrogen) atoms. The first-order chi connectivity index (χ1) is 17.4. The summed E-state index contributed by atoms with van der Waals surface area (Å²) in [6.07, 6.45) is -3.87. The highest BCUT2D eigenvalue weighted by Gasteiger charge is 2.38. The van der Waals surface area contributed by atoms with Crippen molar-refractivity contribution in [2.24, 2.45) is 0 Å². The summed E-state index contributed by atoms with van der Waals surface area (Å²) in [6, 6.07) is 22.3. The molecule has 0 aliphatic carbocycles. The average molecular weight is 490 g/mol. The van der Waals surface area contributed by atoms with E-state index >= 15 is 0 Å². The van der Waals surface area contributed by atoms with Gasteiger partial charge in [0.2, 0.25) is 5.88 Å². The van der Waals surface area contributed by atoms with Gasteiger partial charge in [-0.2, -0.15) is 17.7 Å². The van der Waals surface area contributed by atoms with Crippen LogP contribution < -0.4 is 10.1 Å². The zero-order valence-electron chi connectivity index (χ0n) is 19.0. The summed E-state index contributed by atoms with van der Waals surface area (Å²) in [4.78, 5) is 4.58. The van der Waals surface area contributed by atoms with Crippen LogP contribution in [-0.4, -0.2) is 31.3 Å². The first-order valence-electron chi connectivity index (χ1n) is 11.2. The minimum absolute atomic E-state index is 0.00286. The van der Waals surface area contributed by atoms with Gasteiger partial charge in [-0.05, 0) is 30.2 Å². The van der Waals surface area contributed by atoms with Crippen molar-refractivity contribution in [3.8, 4) is 5.88 Å². The molecule has 0 radical (unpaired) electrons. The zero-order chi connectivity index (χ0) is 25.1. The van der Waals surface area contributed by atoms with Crippen LogP contribution in [0, 0.1) is 0 Å². The van der Waals surface area contributed by atoms with E-state index in [9.17, 15) is 13.2 Å². The lowest BCUT2D eigenvalue weighted by atomic mass is 10.1. The maximum atomic E-state index is 13.4. The van der Waals surface area contributed by atoms with Crippen LogP contribution in [0.4, 0.5) is 13.2 Å². The molecule has 10 heteroatoms. The second kappa shape index (κ2) is 9.65. The van der Waals surface area contributed by atoms with Crippen molar-refractivity contribution in [3.05, 3.63) is 102 Å². The fraction of sp³-hybridized carbons (Fsp3) is 0.154. The molecule has 182 valence electrons. The van der Waals surface area contributed by atoms with Gasteiger partial charge in [-0.1, -0.05) is 61.2 Å². The molecule has 0 unspecified atom stereocenters. The molecule has 0 spiro atoms. The third kappa shape index (κ3) is 4.83. The number of nitrogens with one attached hydrogen (secondary N) is 1. The second-order valence-corrected chi connectivity index (χ2v) is 8.05. The van der Waals surface area contributed by atoms with Crippen LogP contribution >= 0.6 is 0 Å². The molecule has 0 atom stereocenters. The SMILES string of the molecule is C=C(NCCc1ccccc1)c1cccc(COc2nn3c(C(F)(F)F)nnc3c3ccccc23)n1. The Kier molecular flexibility index (Phi) is 6.24. The monoisotopic (exact) mass is 490 g/mol. The molecule has 3 aromatic heterocycles. The molecule has 0 aliphatic heterocycles. The largest absolute Gasteiger partial charge is 0.470 e. The Morgan fingerprint density at radius 2 is 1.67 bits per heavy atom. The van der Waals surface area contributed by atoms with Crippen molar-refractivity contribution in [1.82, 2.24) is 30.1 Å². The Hall–Kier alpha value is -4.47. The van der Waals surface area contributed by atoms with Gasteiger partial charge in [-0.3, -0.25) is 0 Å². The lowest BCUT2D eigenvalue weighted by molar-refractivity contribution is -0.146. The summed E-state index contributed by atoms with van der Waals surface area (Å²) >= 11 is 0. The topological polar surface area (TPSA) is 77.2 Å². The maximum absolute atomic E-state index is 13.4. The summed E-state index contributed by atoms with van der Waals surface area (Å²) in [7, 11) is 0. The lowest BCUT2D eigenvalue weighted by Crippen LogP contribution is -2.16. The van der Waals surface area contributed by atoms with Gasteiger partial charge in [-0.15, -0.1) is 15.3 Å². The van der Waals surface area contributed by atoms with Crippen molar-refractivity contribution >= 4 is 22.1 Å². The highest BCUT2D eigenvalue weighted by atomic mass is 19.4. The quantitative estimate of drug-likeness (QED) is 0.327. The summed E-state index contributed by atoms with van der Waals surface area (Å²) in [5.41, 5.74) is 3.10. The van der Waals surface area contributed by atoms with E-state index in [2.05, 4.69) is 44.3 Å². The molecule has 3 heterocycles. The van der Waals surface area contributed by atoms with E-state index in [-0.39, 0.29) is 18.1 Å². The number of fused-ring (bicyclic) bond motifs is 3. The van der Waals surface area contributed by atoms with E-state index in [0.717, 1.165) is 6.42 Å². The minimum atomic E-state index is -4.71. The van der Waals surface area contributed by atoms with Crippen LogP contribution in [-0.2, 0) is 19.2 Å². The molecular weight excluding hydrogens is 469 g/mol. The van der Waals surface area contributed by atoms with E-state index in [1.807, 2.05) is 30.3 Å². The standard InChI is InChI=1S/C26H21F3N6O/c1-17(30-15-14-18-8-3-2-4-9-18)22-13-7-10-19(31-22)16-36-24-21-12-6-5-11-20(21)23-32-33-25(26(27,28)29)35(23)34-24/h2-13,30H,1,14-16H2. The second-order valence-electron chi connectivity index (χ2n) is 8.05. The number of hydrogen-bond acceptors (Lipinski definition) is 6. The Morgan fingerprint density at radius 1 is 0.917 bits per heavy atom. The third-order valence-electron chi connectivity index (χ3n) is 5.55.